The van der Waals surface area contributed by atoms with E-state index in [0.717, 1.165) is 6.42 Å². The Morgan fingerprint density at radius 3 is 3.06 bits per heavy atom. The molecule has 0 aliphatic rings. The number of carboxylic acids is 1. The zero-order valence-electron chi connectivity index (χ0n) is 8.87. The van der Waals surface area contributed by atoms with Crippen molar-refractivity contribution < 1.29 is 14.6 Å². The minimum Gasteiger partial charge on any atom is -0.476 e. The molecule has 0 aliphatic heterocycles. The van der Waals surface area contributed by atoms with E-state index in [2.05, 4.69) is 9.97 Å². The molecule has 88 valence electrons. The van der Waals surface area contributed by atoms with Gasteiger partial charge < -0.3 is 9.84 Å². The van der Waals surface area contributed by atoms with Gasteiger partial charge in [0.15, 0.2) is 5.69 Å². The lowest BCUT2D eigenvalue weighted by molar-refractivity contribution is 0.0688. The number of ether oxygens (including phenoxy) is 1. The number of aromatic carboxylic acids is 1. The van der Waals surface area contributed by atoms with E-state index < -0.39 is 5.97 Å². The third-order valence-corrected chi connectivity index (χ3v) is 2.95. The van der Waals surface area contributed by atoms with Gasteiger partial charge in [0.2, 0.25) is 5.88 Å². The molecule has 6 heteroatoms. The quantitative estimate of drug-likeness (QED) is 0.876. The highest BCUT2D eigenvalue weighted by atomic mass is 32.1. The summed E-state index contributed by atoms with van der Waals surface area (Å²) in [4.78, 5) is 19.4. The highest BCUT2D eigenvalue weighted by Gasteiger charge is 2.06. The molecule has 0 radical (unpaired) electrons. The number of thiophene rings is 1. The SMILES string of the molecule is O=C(O)c1cncc(OCCc2cccs2)n1. The molecule has 1 N–H and O–H groups in total. The first kappa shape index (κ1) is 11.5. The number of hydrogen-bond acceptors (Lipinski definition) is 5. The van der Waals surface area contributed by atoms with Gasteiger partial charge in [-0.2, -0.15) is 0 Å². The van der Waals surface area contributed by atoms with Crippen molar-refractivity contribution in [1.29, 1.82) is 0 Å². The Bertz CT molecular complexity index is 499. The molecule has 2 rings (SSSR count). The predicted molar refractivity (Wildman–Crippen MR) is 62.5 cm³/mol. The maximum Gasteiger partial charge on any atom is 0.356 e. The summed E-state index contributed by atoms with van der Waals surface area (Å²) in [6.45, 7) is 0.457. The number of carbonyl (C=O) groups is 1. The number of carboxylic acid groups (broad SMARTS) is 1. The number of aromatic nitrogens is 2. The second-order valence-electron chi connectivity index (χ2n) is 3.23. The standard InChI is InChI=1S/C11H10N2O3S/c14-11(15)9-6-12-7-10(13-9)16-4-3-8-2-1-5-17-8/h1-2,5-7H,3-4H2,(H,14,15). The van der Waals surface area contributed by atoms with Crippen LogP contribution in [0.1, 0.15) is 15.4 Å². The molecular weight excluding hydrogens is 240 g/mol. The lowest BCUT2D eigenvalue weighted by Crippen LogP contribution is -2.06. The molecule has 5 nitrogen and oxygen atoms in total. The number of rotatable bonds is 5. The molecule has 0 bridgehead atoms. The van der Waals surface area contributed by atoms with Gasteiger partial charge in [0.25, 0.3) is 0 Å². The Hall–Kier alpha value is -1.95. The van der Waals surface area contributed by atoms with Gasteiger partial charge in [-0.25, -0.2) is 9.78 Å². The summed E-state index contributed by atoms with van der Waals surface area (Å²) in [7, 11) is 0. The van der Waals surface area contributed by atoms with Crippen molar-refractivity contribution in [2.45, 2.75) is 6.42 Å². The van der Waals surface area contributed by atoms with Crippen LogP contribution in [0.3, 0.4) is 0 Å². The van der Waals surface area contributed by atoms with Crippen molar-refractivity contribution in [3.63, 3.8) is 0 Å². The first-order chi connectivity index (χ1) is 8.25. The zero-order chi connectivity index (χ0) is 12.1. The van der Waals surface area contributed by atoms with Gasteiger partial charge in [-0.1, -0.05) is 6.07 Å². The van der Waals surface area contributed by atoms with E-state index in [0.29, 0.717) is 6.61 Å². The number of hydrogen-bond donors (Lipinski definition) is 1. The minimum absolute atomic E-state index is 0.112. The normalized spacial score (nSPS) is 10.1. The van der Waals surface area contributed by atoms with E-state index in [4.69, 9.17) is 9.84 Å². The zero-order valence-corrected chi connectivity index (χ0v) is 9.68. The summed E-state index contributed by atoms with van der Waals surface area (Å²) in [6, 6.07) is 4.00. The van der Waals surface area contributed by atoms with Gasteiger partial charge >= 0.3 is 5.97 Å². The van der Waals surface area contributed by atoms with Crippen LogP contribution in [0.5, 0.6) is 5.88 Å². The molecular formula is C11H10N2O3S. The summed E-state index contributed by atoms with van der Waals surface area (Å²) >= 11 is 1.66. The average molecular weight is 250 g/mol. The topological polar surface area (TPSA) is 72.3 Å². The predicted octanol–water partition coefficient (Wildman–Crippen LogP) is 1.86. The molecule has 0 saturated heterocycles. The van der Waals surface area contributed by atoms with Crippen LogP contribution in [0.25, 0.3) is 0 Å². The van der Waals surface area contributed by atoms with Crippen LogP contribution in [0.15, 0.2) is 29.9 Å². The van der Waals surface area contributed by atoms with Crippen molar-refractivity contribution >= 4 is 17.3 Å². The second-order valence-corrected chi connectivity index (χ2v) is 4.26. The van der Waals surface area contributed by atoms with Gasteiger partial charge in [0.05, 0.1) is 19.0 Å². The minimum atomic E-state index is -1.11. The Morgan fingerprint density at radius 2 is 2.35 bits per heavy atom. The fourth-order valence-electron chi connectivity index (χ4n) is 1.23. The molecule has 0 amide bonds. The van der Waals surface area contributed by atoms with Gasteiger partial charge in [-0.05, 0) is 11.4 Å². The lowest BCUT2D eigenvalue weighted by Gasteiger charge is -2.03. The molecule has 0 saturated carbocycles. The molecule has 2 heterocycles. The summed E-state index contributed by atoms with van der Waals surface area (Å²) in [6.07, 6.45) is 3.37. The molecule has 2 aromatic rings. The van der Waals surface area contributed by atoms with E-state index in [1.54, 1.807) is 11.3 Å². The molecule has 2 aromatic heterocycles. The Kier molecular flexibility index (Phi) is 3.66. The lowest BCUT2D eigenvalue weighted by atomic mass is 10.4. The Morgan fingerprint density at radius 1 is 1.47 bits per heavy atom. The summed E-state index contributed by atoms with van der Waals surface area (Å²) in [5.74, 6) is -0.873. The largest absolute Gasteiger partial charge is 0.476 e. The van der Waals surface area contributed by atoms with Crippen molar-refractivity contribution in [3.8, 4) is 5.88 Å². The maximum atomic E-state index is 10.7. The van der Waals surface area contributed by atoms with Crippen LogP contribution in [0.4, 0.5) is 0 Å². The van der Waals surface area contributed by atoms with Crippen LogP contribution in [-0.4, -0.2) is 27.7 Å². The van der Waals surface area contributed by atoms with Gasteiger partial charge in [-0.15, -0.1) is 11.3 Å². The molecule has 0 aliphatic carbocycles. The van der Waals surface area contributed by atoms with E-state index in [1.807, 2.05) is 17.5 Å². The second kappa shape index (κ2) is 5.40. The first-order valence-corrected chi connectivity index (χ1v) is 5.84. The molecule has 0 unspecified atom stereocenters. The first-order valence-electron chi connectivity index (χ1n) is 4.96. The van der Waals surface area contributed by atoms with Crippen LogP contribution in [0.2, 0.25) is 0 Å². The average Bonchev–Trinajstić information content (AvgIpc) is 2.82. The van der Waals surface area contributed by atoms with E-state index in [1.165, 1.54) is 17.3 Å². The highest BCUT2D eigenvalue weighted by Crippen LogP contribution is 2.10. The Labute approximate surface area is 102 Å². The van der Waals surface area contributed by atoms with Crippen molar-refractivity contribution in [3.05, 3.63) is 40.5 Å². The van der Waals surface area contributed by atoms with Gasteiger partial charge in [-0.3, -0.25) is 4.98 Å². The van der Waals surface area contributed by atoms with E-state index in [9.17, 15) is 4.79 Å². The smallest absolute Gasteiger partial charge is 0.356 e. The molecule has 0 fully saturated rings. The summed E-state index contributed by atoms with van der Waals surface area (Å²) in [5.41, 5.74) is -0.112. The summed E-state index contributed by atoms with van der Waals surface area (Å²) < 4.78 is 5.34. The van der Waals surface area contributed by atoms with Gasteiger partial charge in [0, 0.05) is 11.3 Å². The van der Waals surface area contributed by atoms with Crippen LogP contribution in [-0.2, 0) is 6.42 Å². The van der Waals surface area contributed by atoms with Crippen molar-refractivity contribution in [1.82, 2.24) is 9.97 Å². The fraction of sp³-hybridized carbons (Fsp3) is 0.182. The number of nitrogens with zero attached hydrogens (tertiary/aromatic N) is 2. The Balaban J connectivity index is 1.90. The van der Waals surface area contributed by atoms with Gasteiger partial charge in [0.1, 0.15) is 0 Å². The third-order valence-electron chi connectivity index (χ3n) is 2.01. The van der Waals surface area contributed by atoms with Crippen molar-refractivity contribution in [2.75, 3.05) is 6.61 Å². The van der Waals surface area contributed by atoms with Crippen LogP contribution in [0, 0.1) is 0 Å². The molecule has 0 spiro atoms. The summed E-state index contributed by atoms with van der Waals surface area (Å²) in [5, 5.41) is 10.7. The van der Waals surface area contributed by atoms with E-state index in [-0.39, 0.29) is 11.6 Å². The fourth-order valence-corrected chi connectivity index (χ4v) is 1.92. The van der Waals surface area contributed by atoms with Crippen molar-refractivity contribution in [2.24, 2.45) is 0 Å². The molecule has 0 atom stereocenters. The maximum absolute atomic E-state index is 10.7. The van der Waals surface area contributed by atoms with E-state index >= 15 is 0 Å². The third kappa shape index (κ3) is 3.25. The van der Waals surface area contributed by atoms with Crippen LogP contribution < -0.4 is 4.74 Å². The molecule has 17 heavy (non-hydrogen) atoms. The molecule has 0 aromatic carbocycles. The highest BCUT2D eigenvalue weighted by molar-refractivity contribution is 7.09. The monoisotopic (exact) mass is 250 g/mol. The van der Waals surface area contributed by atoms with Crippen LogP contribution >= 0.6 is 11.3 Å².